The van der Waals surface area contributed by atoms with Gasteiger partial charge in [0, 0.05) is 6.54 Å². The highest BCUT2D eigenvalue weighted by Crippen LogP contribution is 2.18. The van der Waals surface area contributed by atoms with Gasteiger partial charge in [-0.3, -0.25) is 4.79 Å². The molecule has 0 spiro atoms. The molecular formula is C22H21N3O3S. The van der Waals surface area contributed by atoms with Crippen molar-refractivity contribution in [2.75, 3.05) is 6.54 Å². The number of hydrogen-bond acceptors (Lipinski definition) is 4. The van der Waals surface area contributed by atoms with Crippen molar-refractivity contribution in [3.63, 3.8) is 0 Å². The van der Waals surface area contributed by atoms with Crippen LogP contribution in [0.4, 0.5) is 0 Å². The molecule has 3 aromatic rings. The fourth-order valence-corrected chi connectivity index (χ4v) is 4.31. The number of nitrogens with one attached hydrogen (secondary N) is 1. The van der Waals surface area contributed by atoms with E-state index in [0.29, 0.717) is 0 Å². The smallest absolute Gasteiger partial charge is 0.254 e. The third-order valence-corrected chi connectivity index (χ3v) is 6.09. The minimum atomic E-state index is -3.92. The van der Waals surface area contributed by atoms with Crippen LogP contribution in [0.15, 0.2) is 77.7 Å². The lowest BCUT2D eigenvalue weighted by Crippen LogP contribution is -2.48. The Morgan fingerprint density at radius 2 is 1.69 bits per heavy atom. The van der Waals surface area contributed by atoms with E-state index >= 15 is 0 Å². The van der Waals surface area contributed by atoms with Crippen LogP contribution in [-0.2, 0) is 21.2 Å². The van der Waals surface area contributed by atoms with Gasteiger partial charge in [0.25, 0.3) is 5.91 Å². The van der Waals surface area contributed by atoms with Gasteiger partial charge in [-0.2, -0.15) is 9.98 Å². The van der Waals surface area contributed by atoms with E-state index in [-0.39, 0.29) is 17.9 Å². The highest BCUT2D eigenvalue weighted by Gasteiger charge is 2.29. The van der Waals surface area contributed by atoms with E-state index in [1.54, 1.807) is 25.1 Å². The molecule has 29 heavy (non-hydrogen) atoms. The lowest BCUT2D eigenvalue weighted by molar-refractivity contribution is -0.129. The Morgan fingerprint density at radius 1 is 1.03 bits per heavy atom. The van der Waals surface area contributed by atoms with Gasteiger partial charge in [-0.15, -0.1) is 0 Å². The van der Waals surface area contributed by atoms with Gasteiger partial charge in [-0.1, -0.05) is 60.7 Å². The molecule has 7 heteroatoms. The number of nitriles is 1. The minimum Gasteiger partial charge on any atom is -0.272 e. The van der Waals surface area contributed by atoms with Crippen LogP contribution < -0.4 is 4.72 Å². The molecule has 0 aliphatic heterocycles. The van der Waals surface area contributed by atoms with E-state index in [9.17, 15) is 18.5 Å². The summed E-state index contributed by atoms with van der Waals surface area (Å²) in [6.45, 7) is 1.83. The molecule has 1 unspecified atom stereocenters. The number of nitrogens with zero attached hydrogens (tertiary/aromatic N) is 2. The standard InChI is InChI=1S/C22H21N3O3S/c1-2-25(16-23)22(26)21(24-29(27,28)20-10-4-3-5-11-20)15-17-12-13-18-8-6-7-9-19(18)14-17/h3-14,21,24H,2,15H2,1H3. The molecular weight excluding hydrogens is 386 g/mol. The van der Waals surface area contributed by atoms with Crippen molar-refractivity contribution >= 4 is 26.7 Å². The molecule has 3 aromatic carbocycles. The largest absolute Gasteiger partial charge is 0.272 e. The summed E-state index contributed by atoms with van der Waals surface area (Å²) in [6.07, 6.45) is 1.95. The molecule has 0 heterocycles. The van der Waals surface area contributed by atoms with Crippen LogP contribution in [0.2, 0.25) is 0 Å². The van der Waals surface area contributed by atoms with Crippen molar-refractivity contribution in [1.82, 2.24) is 9.62 Å². The van der Waals surface area contributed by atoms with Crippen molar-refractivity contribution in [2.24, 2.45) is 0 Å². The Morgan fingerprint density at radius 3 is 2.34 bits per heavy atom. The van der Waals surface area contributed by atoms with E-state index < -0.39 is 22.0 Å². The normalized spacial score (nSPS) is 12.3. The molecule has 1 N–H and O–H groups in total. The Balaban J connectivity index is 1.94. The summed E-state index contributed by atoms with van der Waals surface area (Å²) >= 11 is 0. The molecule has 3 rings (SSSR count). The summed E-state index contributed by atoms with van der Waals surface area (Å²) in [7, 11) is -3.92. The molecule has 1 atom stereocenters. The number of amides is 1. The summed E-state index contributed by atoms with van der Waals surface area (Å²) in [4.78, 5) is 13.9. The third kappa shape index (κ3) is 4.80. The van der Waals surface area contributed by atoms with Crippen LogP contribution in [0.25, 0.3) is 10.8 Å². The topological polar surface area (TPSA) is 90.3 Å². The Hall–Kier alpha value is -3.21. The third-order valence-electron chi connectivity index (χ3n) is 4.61. The average molecular weight is 407 g/mol. The molecule has 0 aliphatic carbocycles. The maximum absolute atomic E-state index is 12.9. The molecule has 0 aliphatic rings. The van der Waals surface area contributed by atoms with Gasteiger partial charge in [-0.05, 0) is 41.8 Å². The van der Waals surface area contributed by atoms with E-state index in [2.05, 4.69) is 4.72 Å². The van der Waals surface area contributed by atoms with Gasteiger partial charge in [0.15, 0.2) is 6.19 Å². The maximum Gasteiger partial charge on any atom is 0.254 e. The number of likely N-dealkylation sites (N-methyl/N-ethyl adjacent to an activating group) is 1. The first kappa shape index (κ1) is 20.5. The van der Waals surface area contributed by atoms with Gasteiger partial charge < -0.3 is 0 Å². The monoisotopic (exact) mass is 407 g/mol. The summed E-state index contributed by atoms with van der Waals surface area (Å²) < 4.78 is 28.1. The van der Waals surface area contributed by atoms with E-state index in [0.717, 1.165) is 21.2 Å². The highest BCUT2D eigenvalue weighted by atomic mass is 32.2. The van der Waals surface area contributed by atoms with Crippen LogP contribution in [0.5, 0.6) is 0 Å². The zero-order valence-corrected chi connectivity index (χ0v) is 16.8. The SMILES string of the molecule is CCN(C#N)C(=O)C(Cc1ccc2ccccc2c1)NS(=O)(=O)c1ccccc1. The lowest BCUT2D eigenvalue weighted by Gasteiger charge is -2.22. The molecule has 0 saturated heterocycles. The van der Waals surface area contributed by atoms with Crippen LogP contribution in [0, 0.1) is 11.5 Å². The molecule has 6 nitrogen and oxygen atoms in total. The highest BCUT2D eigenvalue weighted by molar-refractivity contribution is 7.89. The zero-order valence-electron chi connectivity index (χ0n) is 15.9. The van der Waals surface area contributed by atoms with E-state index in [1.807, 2.05) is 48.7 Å². The number of rotatable bonds is 7. The summed E-state index contributed by atoms with van der Waals surface area (Å²) in [6, 6.07) is 20.3. The fraction of sp³-hybridized carbons (Fsp3) is 0.182. The van der Waals surface area contributed by atoms with Crippen LogP contribution in [0.3, 0.4) is 0 Å². The fourth-order valence-electron chi connectivity index (χ4n) is 3.10. The predicted octanol–water partition coefficient (Wildman–Crippen LogP) is 3.06. The molecule has 1 amide bonds. The van der Waals surface area contributed by atoms with Crippen LogP contribution >= 0.6 is 0 Å². The molecule has 0 bridgehead atoms. The second kappa shape index (κ2) is 8.86. The van der Waals surface area contributed by atoms with Crippen molar-refractivity contribution in [1.29, 1.82) is 5.26 Å². The Kier molecular flexibility index (Phi) is 6.27. The maximum atomic E-state index is 12.9. The molecule has 0 fully saturated rings. The van der Waals surface area contributed by atoms with E-state index in [1.165, 1.54) is 12.1 Å². The van der Waals surface area contributed by atoms with Crippen molar-refractivity contribution in [2.45, 2.75) is 24.3 Å². The average Bonchev–Trinajstić information content (AvgIpc) is 2.74. The Bertz CT molecular complexity index is 1150. The van der Waals surface area contributed by atoms with Gasteiger partial charge in [-0.25, -0.2) is 13.3 Å². The number of benzene rings is 3. The summed E-state index contributed by atoms with van der Waals surface area (Å²) in [5.74, 6) is -0.581. The second-order valence-corrected chi connectivity index (χ2v) is 8.27. The minimum absolute atomic E-state index is 0.0660. The number of carbonyl (C=O) groups is 1. The summed E-state index contributed by atoms with van der Waals surface area (Å²) in [5.41, 5.74) is 0.798. The van der Waals surface area contributed by atoms with Crippen molar-refractivity contribution < 1.29 is 13.2 Å². The number of fused-ring (bicyclic) bond motifs is 1. The predicted molar refractivity (Wildman–Crippen MR) is 111 cm³/mol. The molecule has 148 valence electrons. The number of hydrogen-bond donors (Lipinski definition) is 1. The Labute approximate surface area is 170 Å². The zero-order chi connectivity index (χ0) is 20.9. The van der Waals surface area contributed by atoms with Crippen LogP contribution in [0.1, 0.15) is 12.5 Å². The van der Waals surface area contributed by atoms with Gasteiger partial charge in [0.05, 0.1) is 4.90 Å². The quantitative estimate of drug-likeness (QED) is 0.481. The number of carbonyl (C=O) groups excluding carboxylic acids is 1. The van der Waals surface area contributed by atoms with Crippen molar-refractivity contribution in [3.8, 4) is 6.19 Å². The first-order valence-electron chi connectivity index (χ1n) is 9.21. The van der Waals surface area contributed by atoms with Gasteiger partial charge in [0.2, 0.25) is 10.0 Å². The lowest BCUT2D eigenvalue weighted by atomic mass is 10.0. The number of sulfonamides is 1. The summed E-state index contributed by atoms with van der Waals surface area (Å²) in [5, 5.41) is 11.3. The van der Waals surface area contributed by atoms with Crippen molar-refractivity contribution in [3.05, 3.63) is 78.4 Å². The van der Waals surface area contributed by atoms with Gasteiger partial charge >= 0.3 is 0 Å². The molecule has 0 aromatic heterocycles. The first-order chi connectivity index (χ1) is 13.9. The molecule has 0 radical (unpaired) electrons. The van der Waals surface area contributed by atoms with E-state index in [4.69, 9.17) is 0 Å². The van der Waals surface area contributed by atoms with Crippen LogP contribution in [-0.4, -0.2) is 31.8 Å². The first-order valence-corrected chi connectivity index (χ1v) is 10.7. The second-order valence-electron chi connectivity index (χ2n) is 6.56. The molecule has 0 saturated carbocycles. The van der Waals surface area contributed by atoms with Gasteiger partial charge in [0.1, 0.15) is 6.04 Å².